The third-order valence-corrected chi connectivity index (χ3v) is 2.88. The Morgan fingerprint density at radius 2 is 2.15 bits per heavy atom. The molecule has 1 aliphatic carbocycles. The topological polar surface area (TPSA) is 67.2 Å². The summed E-state index contributed by atoms with van der Waals surface area (Å²) in [6.07, 6.45) is 6.64. The van der Waals surface area contributed by atoms with Crippen LogP contribution < -0.4 is 16.6 Å². The second-order valence-electron chi connectivity index (χ2n) is 3.88. The summed E-state index contributed by atoms with van der Waals surface area (Å²) in [5.41, 5.74) is 12.2. The molecule has 1 aliphatic heterocycles. The molecule has 1 fully saturated rings. The molecule has 1 saturated carbocycles. The van der Waals surface area contributed by atoms with Gasteiger partial charge in [0.05, 0.1) is 5.54 Å². The first kappa shape index (κ1) is 8.72. The molecule has 0 atom stereocenters. The lowest BCUT2D eigenvalue weighted by Crippen LogP contribution is -2.54. The van der Waals surface area contributed by atoms with E-state index in [1.807, 2.05) is 6.08 Å². The molecule has 0 bridgehead atoms. The van der Waals surface area contributed by atoms with E-state index in [0.29, 0.717) is 12.1 Å². The van der Waals surface area contributed by atoms with Crippen LogP contribution in [0.3, 0.4) is 0 Å². The predicted molar refractivity (Wildman–Crippen MR) is 49.6 cm³/mol. The van der Waals surface area contributed by atoms with E-state index in [9.17, 15) is 4.79 Å². The van der Waals surface area contributed by atoms with Crippen molar-refractivity contribution in [3.63, 3.8) is 0 Å². The average molecular weight is 181 g/mol. The summed E-state index contributed by atoms with van der Waals surface area (Å²) in [7, 11) is 0. The molecular weight excluding hydrogens is 166 g/mol. The summed E-state index contributed by atoms with van der Waals surface area (Å²) >= 11 is 0. The van der Waals surface area contributed by atoms with Gasteiger partial charge in [0.2, 0.25) is 5.91 Å². The molecule has 0 aromatic rings. The van der Waals surface area contributed by atoms with Crippen molar-refractivity contribution in [1.29, 1.82) is 0 Å². The zero-order chi connectivity index (χ0) is 9.31. The summed E-state index contributed by atoms with van der Waals surface area (Å²) in [5, 5.41) is 0. The minimum atomic E-state index is -0.305. The van der Waals surface area contributed by atoms with Gasteiger partial charge >= 0.3 is 0 Å². The number of primary amides is 1. The van der Waals surface area contributed by atoms with Crippen molar-refractivity contribution in [1.82, 2.24) is 10.9 Å². The van der Waals surface area contributed by atoms with Gasteiger partial charge in [-0.05, 0) is 12.8 Å². The Labute approximate surface area is 77.5 Å². The molecule has 2 rings (SSSR count). The van der Waals surface area contributed by atoms with Crippen LogP contribution in [-0.4, -0.2) is 18.0 Å². The number of carbonyl (C=O) groups excluding carboxylic acids is 1. The van der Waals surface area contributed by atoms with Gasteiger partial charge in [0.1, 0.15) is 0 Å². The fourth-order valence-electron chi connectivity index (χ4n) is 2.17. The number of carbonyl (C=O) groups is 1. The largest absolute Gasteiger partial charge is 0.366 e. The van der Waals surface area contributed by atoms with Gasteiger partial charge in [-0.2, -0.15) is 0 Å². The second-order valence-corrected chi connectivity index (χ2v) is 3.88. The lowest BCUT2D eigenvalue weighted by atomic mass is 9.93. The third-order valence-electron chi connectivity index (χ3n) is 2.88. The smallest absolute Gasteiger partial charge is 0.245 e. The normalized spacial score (nSPS) is 26.0. The van der Waals surface area contributed by atoms with Crippen LogP contribution in [0.25, 0.3) is 0 Å². The lowest BCUT2D eigenvalue weighted by molar-refractivity contribution is -0.114. The first-order valence-corrected chi connectivity index (χ1v) is 4.73. The van der Waals surface area contributed by atoms with Crippen LogP contribution in [0.5, 0.6) is 0 Å². The van der Waals surface area contributed by atoms with Gasteiger partial charge in [-0.1, -0.05) is 18.9 Å². The number of hydrogen-bond donors (Lipinski definition) is 3. The summed E-state index contributed by atoms with van der Waals surface area (Å²) < 4.78 is 0. The van der Waals surface area contributed by atoms with Gasteiger partial charge in [-0.25, -0.2) is 5.43 Å². The molecule has 0 unspecified atom stereocenters. The molecule has 2 aliphatic rings. The van der Waals surface area contributed by atoms with E-state index >= 15 is 0 Å². The van der Waals surface area contributed by atoms with Gasteiger partial charge in [0, 0.05) is 12.1 Å². The predicted octanol–water partition coefficient (Wildman–Crippen LogP) is -0.181. The molecule has 4 N–H and O–H groups in total. The Kier molecular flexibility index (Phi) is 2.09. The Morgan fingerprint density at radius 3 is 2.77 bits per heavy atom. The summed E-state index contributed by atoms with van der Waals surface area (Å²) in [4.78, 5) is 11.0. The third kappa shape index (κ3) is 1.59. The lowest BCUT2D eigenvalue weighted by Gasteiger charge is -2.32. The fraction of sp³-hybridized carbons (Fsp3) is 0.667. The van der Waals surface area contributed by atoms with E-state index < -0.39 is 0 Å². The average Bonchev–Trinajstić information content (AvgIpc) is 2.53. The standard InChI is InChI=1S/C9H15N3O/c10-8(13)7-5-9(12-11-6-7)3-1-2-4-9/h5,11-12H,1-4,6H2,(H2,10,13). The van der Waals surface area contributed by atoms with Crippen molar-refractivity contribution < 1.29 is 4.79 Å². The van der Waals surface area contributed by atoms with Gasteiger partial charge < -0.3 is 5.73 Å². The number of nitrogens with one attached hydrogen (secondary N) is 2. The van der Waals surface area contributed by atoms with Crippen molar-refractivity contribution in [2.75, 3.05) is 6.54 Å². The van der Waals surface area contributed by atoms with Crippen LogP contribution in [0.2, 0.25) is 0 Å². The van der Waals surface area contributed by atoms with Crippen molar-refractivity contribution in [3.05, 3.63) is 11.6 Å². The second kappa shape index (κ2) is 3.12. The van der Waals surface area contributed by atoms with Crippen LogP contribution in [0.1, 0.15) is 25.7 Å². The number of nitrogens with two attached hydrogens (primary N) is 1. The molecular formula is C9H15N3O. The van der Waals surface area contributed by atoms with Crippen molar-refractivity contribution >= 4 is 5.91 Å². The van der Waals surface area contributed by atoms with Crippen LogP contribution >= 0.6 is 0 Å². The molecule has 0 radical (unpaired) electrons. The van der Waals surface area contributed by atoms with E-state index in [4.69, 9.17) is 5.73 Å². The van der Waals surface area contributed by atoms with E-state index in [0.717, 1.165) is 12.8 Å². The highest BCUT2D eigenvalue weighted by Gasteiger charge is 2.34. The number of rotatable bonds is 1. The molecule has 4 nitrogen and oxygen atoms in total. The van der Waals surface area contributed by atoms with Crippen molar-refractivity contribution in [2.24, 2.45) is 5.73 Å². The van der Waals surface area contributed by atoms with E-state index in [-0.39, 0.29) is 11.4 Å². The maximum atomic E-state index is 11.0. The molecule has 0 aromatic heterocycles. The maximum Gasteiger partial charge on any atom is 0.245 e. The first-order valence-electron chi connectivity index (χ1n) is 4.73. The first-order chi connectivity index (χ1) is 6.22. The summed E-state index contributed by atoms with van der Waals surface area (Å²) in [6, 6.07) is 0. The minimum Gasteiger partial charge on any atom is -0.366 e. The molecule has 1 amide bonds. The zero-order valence-corrected chi connectivity index (χ0v) is 7.60. The van der Waals surface area contributed by atoms with Crippen LogP contribution in [0.4, 0.5) is 0 Å². The summed E-state index contributed by atoms with van der Waals surface area (Å²) in [5.74, 6) is -0.305. The Balaban J connectivity index is 2.21. The fourth-order valence-corrected chi connectivity index (χ4v) is 2.17. The van der Waals surface area contributed by atoms with Crippen molar-refractivity contribution in [2.45, 2.75) is 31.2 Å². The molecule has 13 heavy (non-hydrogen) atoms. The Morgan fingerprint density at radius 1 is 1.46 bits per heavy atom. The molecule has 0 saturated heterocycles. The Bertz CT molecular complexity index is 254. The van der Waals surface area contributed by atoms with Crippen LogP contribution in [0, 0.1) is 0 Å². The van der Waals surface area contributed by atoms with Crippen LogP contribution in [0.15, 0.2) is 11.6 Å². The molecule has 1 spiro atoms. The number of amides is 1. The Hall–Kier alpha value is -0.870. The molecule has 1 heterocycles. The highest BCUT2D eigenvalue weighted by atomic mass is 16.1. The highest BCUT2D eigenvalue weighted by Crippen LogP contribution is 2.32. The van der Waals surface area contributed by atoms with E-state index in [1.54, 1.807) is 0 Å². The van der Waals surface area contributed by atoms with Gasteiger partial charge in [-0.3, -0.25) is 10.2 Å². The number of hydrazine groups is 1. The quantitative estimate of drug-likeness (QED) is 0.525. The zero-order valence-electron chi connectivity index (χ0n) is 7.60. The van der Waals surface area contributed by atoms with Gasteiger partial charge in [-0.15, -0.1) is 0 Å². The molecule has 4 heteroatoms. The maximum absolute atomic E-state index is 11.0. The van der Waals surface area contributed by atoms with E-state index in [1.165, 1.54) is 12.8 Å². The van der Waals surface area contributed by atoms with E-state index in [2.05, 4.69) is 10.9 Å². The highest BCUT2D eigenvalue weighted by molar-refractivity contribution is 5.92. The van der Waals surface area contributed by atoms with Crippen LogP contribution in [-0.2, 0) is 4.79 Å². The number of hydrogen-bond acceptors (Lipinski definition) is 3. The monoisotopic (exact) mass is 181 g/mol. The summed E-state index contributed by atoms with van der Waals surface area (Å²) in [6.45, 7) is 0.539. The molecule has 0 aromatic carbocycles. The van der Waals surface area contributed by atoms with Gasteiger partial charge in [0.25, 0.3) is 0 Å². The van der Waals surface area contributed by atoms with Gasteiger partial charge in [0.15, 0.2) is 0 Å². The SMILES string of the molecule is NC(=O)C1=CC2(CCCC2)NNC1. The van der Waals surface area contributed by atoms with Crippen molar-refractivity contribution in [3.8, 4) is 0 Å². The minimum absolute atomic E-state index is 0.00259. The molecule has 72 valence electrons.